The number of unbranched alkanes of at least 4 members (excludes halogenated alkanes) is 1. The van der Waals surface area contributed by atoms with Crippen LogP contribution in [-0.4, -0.2) is 84.9 Å². The molecule has 0 aromatic carbocycles. The van der Waals surface area contributed by atoms with Crippen LogP contribution in [0.5, 0.6) is 0 Å². The highest BCUT2D eigenvalue weighted by Crippen LogP contribution is 2.11. The molecule has 0 aliphatic heterocycles. The van der Waals surface area contributed by atoms with Gasteiger partial charge in [0.05, 0.1) is 12.8 Å². The monoisotopic (exact) mass is 725 g/mol. The Morgan fingerprint density at radius 3 is 1.27 bits per heavy atom. The summed E-state index contributed by atoms with van der Waals surface area (Å²) in [4.78, 5) is 43.2. The topological polar surface area (TPSA) is 163 Å². The summed E-state index contributed by atoms with van der Waals surface area (Å²) >= 11 is 11.3. The molecule has 0 heterocycles. The van der Waals surface area contributed by atoms with Crippen molar-refractivity contribution < 1.29 is 43.6 Å². The number of ether oxygens (including phenoxy) is 4. The minimum absolute atomic E-state index is 0. The number of esters is 4. The van der Waals surface area contributed by atoms with Gasteiger partial charge in [0.2, 0.25) is 16.4 Å². The van der Waals surface area contributed by atoms with Crippen LogP contribution >= 0.6 is 48.8 Å². The SMILES string of the molecule is C.C=CC(=O)OCOC(=O)C=C.CC(C)S.CC(C)S.CC(C)SCCC(=O)OCOC(=O)CCSC(C)C.CCCCN.[2H]O[2H]. The quantitative estimate of drug-likeness (QED) is 0.0672. The van der Waals surface area contributed by atoms with Crippen LogP contribution < -0.4 is 5.73 Å². The summed E-state index contributed by atoms with van der Waals surface area (Å²) in [6.45, 7) is 25.0. The Labute approximate surface area is 297 Å². The lowest BCUT2D eigenvalue weighted by Crippen LogP contribution is -2.14. The molecule has 0 spiro atoms. The molecule has 0 aromatic heterocycles. The van der Waals surface area contributed by atoms with Gasteiger partial charge in [-0.15, -0.1) is 0 Å². The molecule has 0 aliphatic carbocycles. The molecule has 0 fully saturated rings. The molecule has 0 radical (unpaired) electrons. The fourth-order valence-corrected chi connectivity index (χ4v) is 3.04. The second kappa shape index (κ2) is 47.1. The first-order valence-electron chi connectivity index (χ1n) is 15.0. The van der Waals surface area contributed by atoms with E-state index in [0.717, 1.165) is 30.2 Å². The van der Waals surface area contributed by atoms with Crippen LogP contribution in [-0.2, 0) is 38.1 Å². The molecule has 0 aromatic rings. The van der Waals surface area contributed by atoms with Gasteiger partial charge in [-0.1, -0.05) is 89.3 Å². The molecule has 10 nitrogen and oxygen atoms in total. The average molecular weight is 726 g/mol. The van der Waals surface area contributed by atoms with E-state index in [1.165, 1.54) is 12.8 Å². The van der Waals surface area contributed by atoms with Crippen LogP contribution in [0.3, 0.4) is 0 Å². The first kappa shape index (κ1) is 53.2. The van der Waals surface area contributed by atoms with Crippen LogP contribution in [0.2, 0.25) is 0 Å². The zero-order valence-electron chi connectivity index (χ0n) is 30.2. The number of rotatable bonds is 16. The molecular weight excluding hydrogens is 659 g/mol. The normalized spacial score (nSPS) is 9.51. The Morgan fingerprint density at radius 1 is 0.778 bits per heavy atom. The van der Waals surface area contributed by atoms with Crippen molar-refractivity contribution in [1.29, 1.82) is 2.86 Å². The molecule has 272 valence electrons. The van der Waals surface area contributed by atoms with Crippen molar-refractivity contribution in [2.75, 3.05) is 31.6 Å². The van der Waals surface area contributed by atoms with E-state index < -0.39 is 18.7 Å². The molecule has 0 saturated heterocycles. The standard InChI is InChI=1S/C13H24O4S2.C7H8O4.C4H11N.2C3H8S.CH4.H2O/c1-10(2)18-7-5-12(14)16-9-17-13(15)6-8-19-11(3)4;1-3-6(8)10-5-11-7(9)4-2;1-2-3-4-5;2*1-3(2)4;;/h10-11H,5-9H2,1-4H3;3-4H,1-2,5H2;2-5H2,1H3;2*3-4H,1-2H3;1H4;1H2/i/hD2. The predicted octanol–water partition coefficient (Wildman–Crippen LogP) is 6.70. The van der Waals surface area contributed by atoms with Gasteiger partial charge >= 0.3 is 23.9 Å². The zero-order valence-corrected chi connectivity index (χ0v) is 31.6. The fraction of sp³-hybridized carbons (Fsp3) is 0.742. The molecular formula is C31H65NO9S4. The Kier molecular flexibility index (Phi) is 55.7. The average Bonchev–Trinajstić information content (AvgIpc) is 2.93. The van der Waals surface area contributed by atoms with E-state index in [-0.39, 0.29) is 26.2 Å². The fourth-order valence-electron chi connectivity index (χ4n) is 1.53. The molecule has 45 heavy (non-hydrogen) atoms. The number of nitrogens with two attached hydrogens (primary N) is 1. The second-order valence-electron chi connectivity index (χ2n) is 9.27. The third-order valence-corrected chi connectivity index (χ3v) is 5.46. The molecule has 0 rings (SSSR count). The third kappa shape index (κ3) is 85.9. The molecule has 14 heteroatoms. The first-order chi connectivity index (χ1) is 21.4. The van der Waals surface area contributed by atoms with Gasteiger partial charge in [-0.25, -0.2) is 9.59 Å². The maximum Gasteiger partial charge on any atom is 0.333 e. The van der Waals surface area contributed by atoms with Crippen LogP contribution in [0.25, 0.3) is 0 Å². The Hall–Kier alpha value is -1.32. The van der Waals surface area contributed by atoms with Crippen LogP contribution in [0.1, 0.15) is 95.4 Å². The van der Waals surface area contributed by atoms with Gasteiger partial charge in [-0.3, -0.25) is 9.59 Å². The highest BCUT2D eigenvalue weighted by Gasteiger charge is 2.07. The molecule has 0 aliphatic rings. The number of carbonyl (C=O) groups is 4. The van der Waals surface area contributed by atoms with E-state index >= 15 is 0 Å². The molecule has 4 N–H and O–H groups in total. The second-order valence-corrected chi connectivity index (χ2v) is 14.7. The summed E-state index contributed by atoms with van der Waals surface area (Å²) < 4.78 is 29.0. The van der Waals surface area contributed by atoms with Crippen molar-refractivity contribution in [2.24, 2.45) is 5.73 Å². The smallest absolute Gasteiger partial charge is 0.333 e. The largest absolute Gasteiger partial charge is 0.428 e. The molecule has 0 unspecified atom stereocenters. The van der Waals surface area contributed by atoms with E-state index in [2.05, 4.69) is 88.0 Å². The van der Waals surface area contributed by atoms with Crippen molar-refractivity contribution >= 4 is 72.7 Å². The summed E-state index contributed by atoms with van der Waals surface area (Å²) in [5.74, 6) is -0.455. The van der Waals surface area contributed by atoms with Gasteiger partial charge in [0, 0.05) is 23.7 Å². The molecule has 0 amide bonds. The summed E-state index contributed by atoms with van der Waals surface area (Å²) in [5, 5.41) is 2.06. The summed E-state index contributed by atoms with van der Waals surface area (Å²) in [6, 6.07) is 0. The Bertz CT molecular complexity index is 661. The van der Waals surface area contributed by atoms with Crippen LogP contribution in [0.15, 0.2) is 25.3 Å². The van der Waals surface area contributed by atoms with E-state index in [1.54, 1.807) is 23.5 Å². The number of thioether (sulfide) groups is 2. The van der Waals surface area contributed by atoms with Crippen molar-refractivity contribution in [3.8, 4) is 0 Å². The van der Waals surface area contributed by atoms with Crippen molar-refractivity contribution in [1.82, 2.24) is 0 Å². The van der Waals surface area contributed by atoms with Crippen molar-refractivity contribution in [3.63, 3.8) is 0 Å². The number of carbonyl (C=O) groups excluding carboxylic acids is 4. The van der Waals surface area contributed by atoms with Crippen LogP contribution in [0, 0.1) is 0 Å². The maximum atomic E-state index is 11.3. The van der Waals surface area contributed by atoms with Crippen LogP contribution in [0.4, 0.5) is 0 Å². The van der Waals surface area contributed by atoms with E-state index in [1.807, 2.05) is 27.7 Å². The third-order valence-electron chi connectivity index (χ3n) is 3.25. The summed E-state index contributed by atoms with van der Waals surface area (Å²) in [5.41, 5.74) is 7.89. The molecule has 0 saturated carbocycles. The van der Waals surface area contributed by atoms with Gasteiger partial charge in [0.25, 0.3) is 0 Å². The predicted molar refractivity (Wildman–Crippen MR) is 201 cm³/mol. The maximum absolute atomic E-state index is 11.3. The number of hydrogen-bond donors (Lipinski definition) is 3. The van der Waals surface area contributed by atoms with Gasteiger partial charge in [0.15, 0.2) is 0 Å². The van der Waals surface area contributed by atoms with Gasteiger partial charge in [0.1, 0.15) is 0 Å². The number of hydrogen-bond acceptors (Lipinski definition) is 13. The van der Waals surface area contributed by atoms with E-state index in [0.29, 0.717) is 33.8 Å². The lowest BCUT2D eigenvalue weighted by Gasteiger charge is -2.07. The summed E-state index contributed by atoms with van der Waals surface area (Å²) in [7, 11) is 0. The van der Waals surface area contributed by atoms with Crippen molar-refractivity contribution in [2.45, 2.75) is 116 Å². The lowest BCUT2D eigenvalue weighted by molar-refractivity contribution is -0.167. The minimum Gasteiger partial charge on any atom is -0.428 e. The van der Waals surface area contributed by atoms with Gasteiger partial charge in [-0.2, -0.15) is 48.8 Å². The zero-order chi connectivity index (χ0) is 37.3. The Morgan fingerprint density at radius 2 is 1.07 bits per heavy atom. The molecule has 0 bridgehead atoms. The minimum atomic E-state index is -0.637. The highest BCUT2D eigenvalue weighted by molar-refractivity contribution is 8.00. The van der Waals surface area contributed by atoms with Gasteiger partial charge in [-0.05, 0) is 34.0 Å². The van der Waals surface area contributed by atoms with E-state index in [9.17, 15) is 19.2 Å². The highest BCUT2D eigenvalue weighted by atomic mass is 32.2. The Balaban J connectivity index is -0.0000000961. The first-order valence-corrected chi connectivity index (χ1v) is 17.3. The van der Waals surface area contributed by atoms with E-state index in [4.69, 9.17) is 18.1 Å². The molecule has 0 atom stereocenters. The number of thiol groups is 2. The summed E-state index contributed by atoms with van der Waals surface area (Å²) in [6.07, 6.45) is 5.03. The lowest BCUT2D eigenvalue weighted by atomic mass is 10.3. The van der Waals surface area contributed by atoms with Gasteiger partial charge < -0.3 is 30.2 Å². The van der Waals surface area contributed by atoms with Crippen molar-refractivity contribution in [3.05, 3.63) is 25.3 Å².